The summed E-state index contributed by atoms with van der Waals surface area (Å²) in [6.45, 7) is 0.387. The zero-order chi connectivity index (χ0) is 19.5. The molecule has 144 valence electrons. The number of hydrogen-bond acceptors (Lipinski definition) is 4. The number of amides is 1. The quantitative estimate of drug-likeness (QED) is 0.729. The van der Waals surface area contributed by atoms with Crippen molar-refractivity contribution >= 4 is 22.5 Å². The van der Waals surface area contributed by atoms with Crippen molar-refractivity contribution in [3.63, 3.8) is 0 Å². The normalized spacial score (nSPS) is 19.4. The molecule has 2 aromatic heterocycles. The van der Waals surface area contributed by atoms with Gasteiger partial charge < -0.3 is 10.3 Å². The molecule has 7 nitrogen and oxygen atoms in total. The van der Waals surface area contributed by atoms with Gasteiger partial charge in [-0.3, -0.25) is 19.1 Å². The summed E-state index contributed by atoms with van der Waals surface area (Å²) in [6.07, 6.45) is 6.42. The molecule has 1 saturated carbocycles. The summed E-state index contributed by atoms with van der Waals surface area (Å²) >= 11 is 0. The second-order valence-corrected chi connectivity index (χ2v) is 7.33. The fourth-order valence-electron chi connectivity index (χ4n) is 3.91. The van der Waals surface area contributed by atoms with Crippen molar-refractivity contribution in [3.8, 4) is 0 Å². The molecule has 1 aliphatic carbocycles. The van der Waals surface area contributed by atoms with E-state index in [9.17, 15) is 14.4 Å². The maximum absolute atomic E-state index is 12.7. The number of carbonyl (C=O) groups excluding carboxylic acids is 1. The Kier molecular flexibility index (Phi) is 5.06. The predicted molar refractivity (Wildman–Crippen MR) is 107 cm³/mol. The van der Waals surface area contributed by atoms with E-state index in [1.165, 1.54) is 4.57 Å². The molecule has 1 fully saturated rings. The number of carbonyl (C=O) groups is 1. The van der Waals surface area contributed by atoms with Crippen LogP contribution in [0.4, 0.5) is 5.69 Å². The first-order valence-corrected chi connectivity index (χ1v) is 9.54. The van der Waals surface area contributed by atoms with E-state index in [4.69, 9.17) is 0 Å². The SMILES string of the molecule is O=C(Nc1ccncc1)C1CCC(Cn2c(=O)[nH]c3ccccc3c2=O)CC1. The molecule has 0 spiro atoms. The summed E-state index contributed by atoms with van der Waals surface area (Å²) in [5.74, 6) is 0.186. The van der Waals surface area contributed by atoms with E-state index < -0.39 is 0 Å². The number of rotatable bonds is 4. The van der Waals surface area contributed by atoms with E-state index in [1.807, 2.05) is 0 Å². The first-order valence-electron chi connectivity index (χ1n) is 9.54. The fourth-order valence-corrected chi connectivity index (χ4v) is 3.91. The molecular weight excluding hydrogens is 356 g/mol. The van der Waals surface area contributed by atoms with E-state index in [0.717, 1.165) is 31.4 Å². The van der Waals surface area contributed by atoms with Crippen molar-refractivity contribution in [2.24, 2.45) is 11.8 Å². The summed E-state index contributed by atoms with van der Waals surface area (Å²) < 4.78 is 1.30. The van der Waals surface area contributed by atoms with Gasteiger partial charge in [-0.1, -0.05) is 12.1 Å². The van der Waals surface area contributed by atoms with Gasteiger partial charge in [0, 0.05) is 30.5 Å². The van der Waals surface area contributed by atoms with E-state index in [0.29, 0.717) is 17.4 Å². The van der Waals surface area contributed by atoms with Crippen LogP contribution in [0.1, 0.15) is 25.7 Å². The molecule has 4 rings (SSSR count). The Bertz CT molecular complexity index is 1100. The number of aromatic amines is 1. The lowest BCUT2D eigenvalue weighted by Crippen LogP contribution is -2.38. The van der Waals surface area contributed by atoms with Gasteiger partial charge in [0.1, 0.15) is 0 Å². The van der Waals surface area contributed by atoms with Crippen LogP contribution >= 0.6 is 0 Å². The minimum atomic E-state index is -0.374. The van der Waals surface area contributed by atoms with E-state index in [2.05, 4.69) is 15.3 Å². The van der Waals surface area contributed by atoms with Crippen LogP contribution in [0.3, 0.4) is 0 Å². The minimum Gasteiger partial charge on any atom is -0.326 e. The Morgan fingerprint density at radius 1 is 1.07 bits per heavy atom. The maximum Gasteiger partial charge on any atom is 0.328 e. The molecular formula is C21H22N4O3. The number of pyridine rings is 1. The van der Waals surface area contributed by atoms with Gasteiger partial charge in [0.25, 0.3) is 5.56 Å². The van der Waals surface area contributed by atoms with E-state index >= 15 is 0 Å². The highest BCUT2D eigenvalue weighted by Gasteiger charge is 2.27. The standard InChI is InChI=1S/C21H22N4O3/c26-19(23-16-9-11-22-12-10-16)15-7-5-14(6-8-15)13-25-20(27)17-3-1-2-4-18(17)24-21(25)28/h1-4,9-12,14-15H,5-8,13H2,(H,24,28)(H,22,23,26). The first-order chi connectivity index (χ1) is 13.6. The van der Waals surface area contributed by atoms with Crippen molar-refractivity contribution in [1.82, 2.24) is 14.5 Å². The van der Waals surface area contributed by atoms with Gasteiger partial charge in [-0.2, -0.15) is 0 Å². The molecule has 0 bridgehead atoms. The summed E-state index contributed by atoms with van der Waals surface area (Å²) in [6, 6.07) is 10.6. The van der Waals surface area contributed by atoms with Crippen LogP contribution in [-0.2, 0) is 11.3 Å². The third kappa shape index (κ3) is 3.74. The van der Waals surface area contributed by atoms with Gasteiger partial charge in [0.2, 0.25) is 5.91 Å². The molecule has 0 unspecified atom stereocenters. The topological polar surface area (TPSA) is 96.8 Å². The number of nitrogens with one attached hydrogen (secondary N) is 2. The molecule has 1 aliphatic rings. The van der Waals surface area contributed by atoms with Gasteiger partial charge in [0.15, 0.2) is 0 Å². The average Bonchev–Trinajstić information content (AvgIpc) is 2.72. The summed E-state index contributed by atoms with van der Waals surface area (Å²) in [7, 11) is 0. The molecule has 2 heterocycles. The summed E-state index contributed by atoms with van der Waals surface area (Å²) in [5.41, 5.74) is 0.680. The van der Waals surface area contributed by atoms with E-state index in [1.54, 1.807) is 48.8 Å². The van der Waals surface area contributed by atoms with Crippen molar-refractivity contribution < 1.29 is 4.79 Å². The van der Waals surface area contributed by atoms with Crippen LogP contribution in [0.25, 0.3) is 10.9 Å². The highest BCUT2D eigenvalue weighted by molar-refractivity contribution is 5.92. The molecule has 0 atom stereocenters. The van der Waals surface area contributed by atoms with E-state index in [-0.39, 0.29) is 29.0 Å². The van der Waals surface area contributed by atoms with Crippen molar-refractivity contribution in [1.29, 1.82) is 0 Å². The average molecular weight is 378 g/mol. The van der Waals surface area contributed by atoms with Crippen LogP contribution in [0, 0.1) is 11.8 Å². The molecule has 1 amide bonds. The third-order valence-corrected chi connectivity index (χ3v) is 5.50. The third-order valence-electron chi connectivity index (χ3n) is 5.50. The zero-order valence-corrected chi connectivity index (χ0v) is 15.4. The largest absolute Gasteiger partial charge is 0.328 e. The number of benzene rings is 1. The number of anilines is 1. The molecule has 7 heteroatoms. The number of para-hydroxylation sites is 1. The van der Waals surface area contributed by atoms with Gasteiger partial charge in [0.05, 0.1) is 10.9 Å². The number of hydrogen-bond donors (Lipinski definition) is 2. The smallest absolute Gasteiger partial charge is 0.326 e. The fraction of sp³-hybridized carbons (Fsp3) is 0.333. The van der Waals surface area contributed by atoms with Gasteiger partial charge in [-0.25, -0.2) is 4.79 Å². The Labute approximate surface area is 161 Å². The molecule has 0 radical (unpaired) electrons. The molecule has 3 aromatic rings. The number of aromatic nitrogens is 3. The number of nitrogens with zero attached hydrogens (tertiary/aromatic N) is 2. The molecule has 2 N–H and O–H groups in total. The second kappa shape index (κ2) is 7.80. The lowest BCUT2D eigenvalue weighted by atomic mass is 9.81. The molecule has 0 aliphatic heterocycles. The Hall–Kier alpha value is -3.22. The summed E-state index contributed by atoms with van der Waals surface area (Å²) in [5, 5.41) is 3.45. The van der Waals surface area contributed by atoms with Gasteiger partial charge >= 0.3 is 5.69 Å². The maximum atomic E-state index is 12.7. The number of fused-ring (bicyclic) bond motifs is 1. The lowest BCUT2D eigenvalue weighted by Gasteiger charge is -2.28. The monoisotopic (exact) mass is 378 g/mol. The van der Waals surface area contributed by atoms with Crippen LogP contribution < -0.4 is 16.6 Å². The zero-order valence-electron chi connectivity index (χ0n) is 15.4. The molecule has 0 saturated heterocycles. The minimum absolute atomic E-state index is 0.0189. The lowest BCUT2D eigenvalue weighted by molar-refractivity contribution is -0.121. The van der Waals surface area contributed by atoms with Gasteiger partial charge in [-0.15, -0.1) is 0 Å². The Morgan fingerprint density at radius 2 is 1.79 bits per heavy atom. The van der Waals surface area contributed by atoms with Crippen LogP contribution in [0.5, 0.6) is 0 Å². The van der Waals surface area contributed by atoms with Crippen molar-refractivity contribution in [2.75, 3.05) is 5.32 Å². The second-order valence-electron chi connectivity index (χ2n) is 7.33. The molecule has 28 heavy (non-hydrogen) atoms. The number of H-pyrrole nitrogens is 1. The van der Waals surface area contributed by atoms with Gasteiger partial charge in [-0.05, 0) is 55.9 Å². The van der Waals surface area contributed by atoms with Crippen LogP contribution in [0.2, 0.25) is 0 Å². The highest BCUT2D eigenvalue weighted by Crippen LogP contribution is 2.30. The first kappa shape index (κ1) is 18.2. The Morgan fingerprint density at radius 3 is 2.54 bits per heavy atom. The predicted octanol–water partition coefficient (Wildman–Crippen LogP) is 2.53. The highest BCUT2D eigenvalue weighted by atomic mass is 16.2. The Balaban J connectivity index is 1.41. The summed E-state index contributed by atoms with van der Waals surface area (Å²) in [4.78, 5) is 44.2. The van der Waals surface area contributed by atoms with Crippen LogP contribution in [0.15, 0.2) is 58.4 Å². The van der Waals surface area contributed by atoms with Crippen molar-refractivity contribution in [3.05, 3.63) is 69.6 Å². The molecule has 1 aromatic carbocycles. The van der Waals surface area contributed by atoms with Crippen LogP contribution in [-0.4, -0.2) is 20.4 Å². The van der Waals surface area contributed by atoms with Crippen molar-refractivity contribution in [2.45, 2.75) is 32.2 Å².